The minimum absolute atomic E-state index is 0.120. The molecule has 4 N–H and O–H groups in total. The third-order valence-electron chi connectivity index (χ3n) is 1.98. The van der Waals surface area contributed by atoms with Gasteiger partial charge in [0.2, 0.25) is 5.91 Å². The zero-order valence-corrected chi connectivity index (χ0v) is 9.44. The van der Waals surface area contributed by atoms with E-state index in [0.29, 0.717) is 5.92 Å². The topological polar surface area (TPSA) is 98.7 Å². The Bertz CT molecular complexity index is 443. The Labute approximate surface area is 98.2 Å². The number of carbonyl (C=O) groups is 2. The Balaban J connectivity index is 2.64. The van der Waals surface area contributed by atoms with Gasteiger partial charge in [0.25, 0.3) is 5.91 Å². The lowest BCUT2D eigenvalue weighted by molar-refractivity contribution is -0.119. The molecular formula is C11H13N2O4. The number of rotatable bonds is 2. The predicted octanol–water partition coefficient (Wildman–Crippen LogP) is 0.473. The normalized spacial score (nSPS) is 10.1. The molecule has 0 aliphatic heterocycles. The van der Waals surface area contributed by atoms with Gasteiger partial charge in [-0.3, -0.25) is 20.4 Å². The van der Waals surface area contributed by atoms with Crippen molar-refractivity contribution in [1.29, 1.82) is 0 Å². The van der Waals surface area contributed by atoms with Crippen LogP contribution in [0.3, 0.4) is 0 Å². The van der Waals surface area contributed by atoms with E-state index in [-0.39, 0.29) is 11.3 Å². The minimum atomic E-state index is -0.588. The Morgan fingerprint density at radius 2 is 1.71 bits per heavy atom. The molecule has 91 valence electrons. The lowest BCUT2D eigenvalue weighted by atomic mass is 10.2. The highest BCUT2D eigenvalue weighted by Gasteiger charge is 2.11. The molecule has 1 aromatic carbocycles. The summed E-state index contributed by atoms with van der Waals surface area (Å²) in [7, 11) is 0. The van der Waals surface area contributed by atoms with E-state index in [2.05, 4.69) is 10.9 Å². The smallest absolute Gasteiger partial charge is 0.269 e. The molecule has 2 amide bonds. The summed E-state index contributed by atoms with van der Waals surface area (Å²) in [5, 5.41) is 18.3. The van der Waals surface area contributed by atoms with E-state index in [9.17, 15) is 14.7 Å². The van der Waals surface area contributed by atoms with Crippen molar-refractivity contribution in [2.24, 2.45) is 0 Å². The van der Waals surface area contributed by atoms with Crippen LogP contribution in [-0.4, -0.2) is 22.0 Å². The Kier molecular flexibility index (Phi) is 3.92. The van der Waals surface area contributed by atoms with Crippen molar-refractivity contribution in [1.82, 2.24) is 10.9 Å². The number of nitrogens with one attached hydrogen (secondary N) is 2. The predicted molar refractivity (Wildman–Crippen MR) is 60.0 cm³/mol. The highest BCUT2D eigenvalue weighted by atomic mass is 16.3. The number of benzene rings is 1. The first kappa shape index (κ1) is 12.8. The van der Waals surface area contributed by atoms with E-state index in [1.807, 2.05) is 0 Å². The number of hydrogen-bond acceptors (Lipinski definition) is 4. The fraction of sp³-hybridized carbons (Fsp3) is 0.182. The molecule has 0 spiro atoms. The zero-order chi connectivity index (χ0) is 13.0. The van der Waals surface area contributed by atoms with Gasteiger partial charge in [-0.1, -0.05) is 0 Å². The number of aromatic hydroxyl groups is 2. The Morgan fingerprint density at radius 3 is 2.24 bits per heavy atom. The van der Waals surface area contributed by atoms with Crippen LogP contribution in [0.5, 0.6) is 11.5 Å². The monoisotopic (exact) mass is 237 g/mol. The van der Waals surface area contributed by atoms with Gasteiger partial charge >= 0.3 is 0 Å². The third-order valence-corrected chi connectivity index (χ3v) is 1.98. The van der Waals surface area contributed by atoms with E-state index in [1.165, 1.54) is 12.1 Å². The molecule has 17 heavy (non-hydrogen) atoms. The van der Waals surface area contributed by atoms with Crippen LogP contribution in [0.25, 0.3) is 0 Å². The molecule has 1 rings (SSSR count). The molecule has 6 heteroatoms. The number of carbonyl (C=O) groups excluding carboxylic acids is 2. The second-order valence-corrected chi connectivity index (χ2v) is 3.61. The highest BCUT2D eigenvalue weighted by Crippen LogP contribution is 2.24. The second kappa shape index (κ2) is 5.20. The Morgan fingerprint density at radius 1 is 1.06 bits per heavy atom. The standard InChI is InChI=1S/C11H13N2O4/c1-6(2)10(16)12-13-11(17)7-3-4-8(14)9(15)5-7/h3-5,14-15H,1-2H3,(H,12,16)(H,13,17). The molecule has 1 aromatic rings. The molecular weight excluding hydrogens is 224 g/mol. The zero-order valence-electron chi connectivity index (χ0n) is 9.44. The fourth-order valence-corrected chi connectivity index (χ4v) is 0.975. The molecule has 0 aliphatic carbocycles. The van der Waals surface area contributed by atoms with Crippen LogP contribution in [0, 0.1) is 5.92 Å². The SMILES string of the molecule is C[C](C)C(=O)NNC(=O)c1ccc(O)c(O)c1. The summed E-state index contributed by atoms with van der Waals surface area (Å²) in [5.74, 6) is -1.21. The van der Waals surface area contributed by atoms with E-state index in [1.54, 1.807) is 13.8 Å². The second-order valence-electron chi connectivity index (χ2n) is 3.61. The molecule has 0 aliphatic rings. The third kappa shape index (κ3) is 3.37. The van der Waals surface area contributed by atoms with Crippen molar-refractivity contribution >= 4 is 11.8 Å². The molecule has 0 saturated heterocycles. The van der Waals surface area contributed by atoms with Gasteiger partial charge in [0.1, 0.15) is 0 Å². The minimum Gasteiger partial charge on any atom is -0.504 e. The van der Waals surface area contributed by atoms with E-state index < -0.39 is 17.6 Å². The van der Waals surface area contributed by atoms with Gasteiger partial charge in [0, 0.05) is 5.56 Å². The van der Waals surface area contributed by atoms with Gasteiger partial charge < -0.3 is 10.2 Å². The van der Waals surface area contributed by atoms with Crippen molar-refractivity contribution in [3.8, 4) is 11.5 Å². The molecule has 6 nitrogen and oxygen atoms in total. The van der Waals surface area contributed by atoms with Gasteiger partial charge in [0.15, 0.2) is 11.5 Å². The fourth-order valence-electron chi connectivity index (χ4n) is 0.975. The lowest BCUT2D eigenvalue weighted by Gasteiger charge is -2.09. The molecule has 0 fully saturated rings. The summed E-state index contributed by atoms with van der Waals surface area (Å²) in [5.41, 5.74) is 4.49. The largest absolute Gasteiger partial charge is 0.504 e. The van der Waals surface area contributed by atoms with Gasteiger partial charge in [0.05, 0.1) is 5.92 Å². The summed E-state index contributed by atoms with van der Waals surface area (Å²) in [4.78, 5) is 22.7. The van der Waals surface area contributed by atoms with Gasteiger partial charge in [-0.15, -0.1) is 0 Å². The highest BCUT2D eigenvalue weighted by molar-refractivity contribution is 5.97. The first-order valence-corrected chi connectivity index (χ1v) is 4.84. The van der Waals surface area contributed by atoms with E-state index >= 15 is 0 Å². The van der Waals surface area contributed by atoms with Crippen LogP contribution in [0.1, 0.15) is 24.2 Å². The van der Waals surface area contributed by atoms with Crippen LogP contribution in [-0.2, 0) is 4.79 Å². The van der Waals surface area contributed by atoms with Crippen LogP contribution in [0.15, 0.2) is 18.2 Å². The molecule has 0 unspecified atom stereocenters. The molecule has 0 aromatic heterocycles. The van der Waals surface area contributed by atoms with Gasteiger partial charge in [-0.05, 0) is 32.0 Å². The Hall–Kier alpha value is -2.24. The van der Waals surface area contributed by atoms with Crippen molar-refractivity contribution in [3.05, 3.63) is 29.7 Å². The first-order chi connectivity index (χ1) is 7.91. The van der Waals surface area contributed by atoms with Crippen molar-refractivity contribution in [2.45, 2.75) is 13.8 Å². The maximum absolute atomic E-state index is 11.5. The first-order valence-electron chi connectivity index (χ1n) is 4.84. The number of hydrazine groups is 1. The summed E-state index contributed by atoms with van der Waals surface area (Å²) >= 11 is 0. The van der Waals surface area contributed by atoms with E-state index in [0.717, 1.165) is 6.07 Å². The quantitative estimate of drug-likeness (QED) is 0.444. The van der Waals surface area contributed by atoms with Crippen LogP contribution in [0.2, 0.25) is 0 Å². The summed E-state index contributed by atoms with van der Waals surface area (Å²) in [6, 6.07) is 3.60. The molecule has 1 radical (unpaired) electrons. The molecule has 0 heterocycles. The van der Waals surface area contributed by atoms with Crippen molar-refractivity contribution < 1.29 is 19.8 Å². The van der Waals surface area contributed by atoms with Crippen molar-refractivity contribution in [3.63, 3.8) is 0 Å². The number of hydrogen-bond donors (Lipinski definition) is 4. The van der Waals surface area contributed by atoms with Gasteiger partial charge in [-0.2, -0.15) is 0 Å². The average Bonchev–Trinajstić information content (AvgIpc) is 2.28. The lowest BCUT2D eigenvalue weighted by Crippen LogP contribution is -2.43. The van der Waals surface area contributed by atoms with Crippen LogP contribution < -0.4 is 10.9 Å². The summed E-state index contributed by atoms with van der Waals surface area (Å²) < 4.78 is 0. The van der Waals surface area contributed by atoms with Gasteiger partial charge in [-0.25, -0.2) is 0 Å². The van der Waals surface area contributed by atoms with Crippen LogP contribution in [0.4, 0.5) is 0 Å². The summed E-state index contributed by atoms with van der Waals surface area (Å²) in [6.07, 6.45) is 0. The number of phenolic OH excluding ortho intramolecular Hbond substituents is 2. The maximum Gasteiger partial charge on any atom is 0.269 e. The molecule has 0 atom stereocenters. The molecule has 0 bridgehead atoms. The summed E-state index contributed by atoms with van der Waals surface area (Å²) in [6.45, 7) is 3.21. The average molecular weight is 237 g/mol. The van der Waals surface area contributed by atoms with Crippen LogP contribution >= 0.6 is 0 Å². The van der Waals surface area contributed by atoms with E-state index in [4.69, 9.17) is 5.11 Å². The number of amides is 2. The maximum atomic E-state index is 11.5. The number of phenols is 2. The van der Waals surface area contributed by atoms with Crippen molar-refractivity contribution in [2.75, 3.05) is 0 Å². The molecule has 0 saturated carbocycles.